The van der Waals surface area contributed by atoms with E-state index in [0.29, 0.717) is 30.2 Å². The first-order chi connectivity index (χ1) is 11.0. The van der Waals surface area contributed by atoms with Crippen molar-refractivity contribution in [1.29, 1.82) is 0 Å². The molecule has 126 valence electrons. The number of methoxy groups -OCH3 is 3. The van der Waals surface area contributed by atoms with Crippen molar-refractivity contribution < 1.29 is 19.0 Å². The second kappa shape index (κ2) is 7.26. The van der Waals surface area contributed by atoms with Gasteiger partial charge in [0.05, 0.1) is 26.8 Å². The standard InChI is InChI=1S/C17H24N2O4/c1-10(2)17(20)18-7-6-11-9-19-12-8-13(21-3)15(22-4)16(23-5)14(11)12/h8-10,19H,6-7H2,1-5H3,(H,18,20). The molecule has 0 saturated carbocycles. The van der Waals surface area contributed by atoms with Crippen LogP contribution >= 0.6 is 0 Å². The van der Waals surface area contributed by atoms with Gasteiger partial charge in [-0.2, -0.15) is 0 Å². The summed E-state index contributed by atoms with van der Waals surface area (Å²) in [6.45, 7) is 4.32. The summed E-state index contributed by atoms with van der Waals surface area (Å²) in [7, 11) is 4.78. The molecule has 2 aromatic rings. The van der Waals surface area contributed by atoms with Gasteiger partial charge in [-0.25, -0.2) is 0 Å². The topological polar surface area (TPSA) is 72.6 Å². The van der Waals surface area contributed by atoms with Crippen molar-refractivity contribution in [2.24, 2.45) is 5.92 Å². The SMILES string of the molecule is COc1cc2[nH]cc(CCNC(=O)C(C)C)c2c(OC)c1OC. The van der Waals surface area contributed by atoms with Crippen LogP contribution in [0.4, 0.5) is 0 Å². The van der Waals surface area contributed by atoms with Crippen LogP contribution in [0.1, 0.15) is 19.4 Å². The minimum absolute atomic E-state index is 0.0168. The van der Waals surface area contributed by atoms with E-state index in [2.05, 4.69) is 10.3 Å². The number of aromatic amines is 1. The Bertz CT molecular complexity index is 691. The Labute approximate surface area is 136 Å². The van der Waals surface area contributed by atoms with Gasteiger partial charge in [0, 0.05) is 30.1 Å². The first-order valence-electron chi connectivity index (χ1n) is 7.60. The summed E-state index contributed by atoms with van der Waals surface area (Å²) in [5, 5.41) is 3.87. The van der Waals surface area contributed by atoms with Crippen LogP contribution in [0.25, 0.3) is 10.9 Å². The number of H-pyrrole nitrogens is 1. The van der Waals surface area contributed by atoms with Crippen LogP contribution in [-0.4, -0.2) is 38.8 Å². The van der Waals surface area contributed by atoms with E-state index in [1.165, 1.54) is 0 Å². The molecular weight excluding hydrogens is 296 g/mol. The van der Waals surface area contributed by atoms with Crippen LogP contribution < -0.4 is 19.5 Å². The zero-order valence-electron chi connectivity index (χ0n) is 14.3. The van der Waals surface area contributed by atoms with Gasteiger partial charge in [0.15, 0.2) is 11.5 Å². The van der Waals surface area contributed by atoms with Crippen molar-refractivity contribution in [2.75, 3.05) is 27.9 Å². The zero-order chi connectivity index (χ0) is 17.0. The number of ether oxygens (including phenoxy) is 3. The van der Waals surface area contributed by atoms with Crippen molar-refractivity contribution in [2.45, 2.75) is 20.3 Å². The van der Waals surface area contributed by atoms with Crippen molar-refractivity contribution in [3.8, 4) is 17.2 Å². The first kappa shape index (κ1) is 17.0. The van der Waals surface area contributed by atoms with Crippen LogP contribution in [0.3, 0.4) is 0 Å². The number of rotatable bonds is 7. The quantitative estimate of drug-likeness (QED) is 0.822. The highest BCUT2D eigenvalue weighted by atomic mass is 16.5. The molecule has 1 aromatic heterocycles. The highest BCUT2D eigenvalue weighted by Gasteiger charge is 2.19. The first-order valence-corrected chi connectivity index (χ1v) is 7.60. The predicted molar refractivity (Wildman–Crippen MR) is 89.5 cm³/mol. The van der Waals surface area contributed by atoms with Crippen molar-refractivity contribution >= 4 is 16.8 Å². The van der Waals surface area contributed by atoms with Crippen molar-refractivity contribution in [3.63, 3.8) is 0 Å². The Morgan fingerprint density at radius 1 is 1.17 bits per heavy atom. The third-order valence-corrected chi connectivity index (χ3v) is 3.77. The summed E-state index contributed by atoms with van der Waals surface area (Å²) in [6.07, 6.45) is 2.62. The third-order valence-electron chi connectivity index (χ3n) is 3.77. The number of hydrogen-bond donors (Lipinski definition) is 2. The molecule has 6 nitrogen and oxygen atoms in total. The molecule has 0 aliphatic rings. The van der Waals surface area contributed by atoms with E-state index in [4.69, 9.17) is 14.2 Å². The fourth-order valence-electron chi connectivity index (χ4n) is 2.55. The van der Waals surface area contributed by atoms with Gasteiger partial charge in [-0.05, 0) is 12.0 Å². The van der Waals surface area contributed by atoms with E-state index in [1.807, 2.05) is 26.1 Å². The molecule has 0 aliphatic carbocycles. The fraction of sp³-hybridized carbons (Fsp3) is 0.471. The monoisotopic (exact) mass is 320 g/mol. The minimum atomic E-state index is -0.0168. The molecule has 0 spiro atoms. The number of nitrogens with one attached hydrogen (secondary N) is 2. The Morgan fingerprint density at radius 3 is 2.43 bits per heavy atom. The number of carbonyl (C=O) groups excluding carboxylic acids is 1. The van der Waals surface area contributed by atoms with Gasteiger partial charge in [0.2, 0.25) is 11.7 Å². The van der Waals surface area contributed by atoms with E-state index >= 15 is 0 Å². The average molecular weight is 320 g/mol. The third kappa shape index (κ3) is 3.36. The van der Waals surface area contributed by atoms with Crippen LogP contribution in [0.2, 0.25) is 0 Å². The smallest absolute Gasteiger partial charge is 0.222 e. The molecule has 1 amide bonds. The van der Waals surface area contributed by atoms with Crippen LogP contribution in [0.5, 0.6) is 17.2 Å². The molecule has 1 heterocycles. The molecule has 0 bridgehead atoms. The average Bonchev–Trinajstić information content (AvgIpc) is 2.95. The molecule has 6 heteroatoms. The van der Waals surface area contributed by atoms with E-state index in [-0.39, 0.29) is 11.8 Å². The fourth-order valence-corrected chi connectivity index (χ4v) is 2.55. The molecule has 0 radical (unpaired) electrons. The molecular formula is C17H24N2O4. The molecule has 0 fully saturated rings. The summed E-state index contributed by atoms with van der Waals surface area (Å²) in [5.41, 5.74) is 1.96. The van der Waals surface area contributed by atoms with E-state index in [0.717, 1.165) is 16.5 Å². The zero-order valence-corrected chi connectivity index (χ0v) is 14.3. The number of fused-ring (bicyclic) bond motifs is 1. The largest absolute Gasteiger partial charge is 0.493 e. The maximum atomic E-state index is 11.7. The van der Waals surface area contributed by atoms with Crippen LogP contribution in [-0.2, 0) is 11.2 Å². The normalized spacial score (nSPS) is 10.9. The van der Waals surface area contributed by atoms with E-state index in [1.54, 1.807) is 21.3 Å². The molecule has 2 rings (SSSR count). The lowest BCUT2D eigenvalue weighted by molar-refractivity contribution is -0.123. The van der Waals surface area contributed by atoms with Gasteiger partial charge in [-0.1, -0.05) is 13.8 Å². The lowest BCUT2D eigenvalue weighted by Crippen LogP contribution is -2.29. The van der Waals surface area contributed by atoms with Gasteiger partial charge in [0.1, 0.15) is 0 Å². The minimum Gasteiger partial charge on any atom is -0.493 e. The van der Waals surface area contributed by atoms with Crippen LogP contribution in [0.15, 0.2) is 12.3 Å². The molecule has 0 unspecified atom stereocenters. The maximum Gasteiger partial charge on any atom is 0.222 e. The molecule has 0 aliphatic heterocycles. The van der Waals surface area contributed by atoms with E-state index in [9.17, 15) is 4.79 Å². The summed E-state index contributed by atoms with van der Waals surface area (Å²) in [5.74, 6) is 1.84. The number of hydrogen-bond acceptors (Lipinski definition) is 4. The molecule has 23 heavy (non-hydrogen) atoms. The second-order valence-corrected chi connectivity index (χ2v) is 5.58. The Kier molecular flexibility index (Phi) is 5.36. The summed E-state index contributed by atoms with van der Waals surface area (Å²) >= 11 is 0. The Morgan fingerprint density at radius 2 is 1.87 bits per heavy atom. The van der Waals surface area contributed by atoms with Gasteiger partial charge < -0.3 is 24.5 Å². The Balaban J connectivity index is 2.33. The highest BCUT2D eigenvalue weighted by Crippen LogP contribution is 2.44. The molecule has 0 atom stereocenters. The lowest BCUT2D eigenvalue weighted by atomic mass is 10.1. The van der Waals surface area contributed by atoms with Crippen molar-refractivity contribution in [1.82, 2.24) is 10.3 Å². The van der Waals surface area contributed by atoms with Gasteiger partial charge >= 0.3 is 0 Å². The van der Waals surface area contributed by atoms with Gasteiger partial charge in [-0.15, -0.1) is 0 Å². The molecule has 2 N–H and O–H groups in total. The summed E-state index contributed by atoms with van der Waals surface area (Å²) < 4.78 is 16.3. The van der Waals surface area contributed by atoms with Crippen LogP contribution in [0, 0.1) is 5.92 Å². The molecule has 0 saturated heterocycles. The number of benzene rings is 1. The maximum absolute atomic E-state index is 11.7. The highest BCUT2D eigenvalue weighted by molar-refractivity contribution is 5.94. The van der Waals surface area contributed by atoms with E-state index < -0.39 is 0 Å². The predicted octanol–water partition coefficient (Wildman–Crippen LogP) is 2.51. The molecule has 1 aromatic carbocycles. The van der Waals surface area contributed by atoms with Gasteiger partial charge in [0.25, 0.3) is 0 Å². The van der Waals surface area contributed by atoms with Gasteiger partial charge in [-0.3, -0.25) is 4.79 Å². The lowest BCUT2D eigenvalue weighted by Gasteiger charge is -2.14. The number of aromatic nitrogens is 1. The summed E-state index contributed by atoms with van der Waals surface area (Å²) in [6, 6.07) is 1.88. The Hall–Kier alpha value is -2.37. The van der Waals surface area contributed by atoms with Crippen molar-refractivity contribution in [3.05, 3.63) is 17.8 Å². The second-order valence-electron chi connectivity index (χ2n) is 5.58. The summed E-state index contributed by atoms with van der Waals surface area (Å²) in [4.78, 5) is 14.9. The number of amides is 1. The number of carbonyl (C=O) groups is 1.